The van der Waals surface area contributed by atoms with Gasteiger partial charge in [0.25, 0.3) is 0 Å². The minimum atomic E-state index is -0.319. The van der Waals surface area contributed by atoms with Crippen molar-refractivity contribution >= 4 is 28.8 Å². The zero-order valence-corrected chi connectivity index (χ0v) is 12.3. The molecule has 1 aromatic carbocycles. The molecule has 0 saturated carbocycles. The molecule has 3 rings (SSSR count). The molecule has 3 aromatic rings. The largest absolute Gasteiger partial charge is 0.216 e. The number of nitrogens with zero attached hydrogens (tertiary/aromatic N) is 3. The van der Waals surface area contributed by atoms with Crippen LogP contribution >= 0.6 is 23.2 Å². The number of rotatable bonds is 1. The lowest BCUT2D eigenvalue weighted by Crippen LogP contribution is -1.97. The minimum absolute atomic E-state index is 0.275. The van der Waals surface area contributed by atoms with E-state index < -0.39 is 0 Å². The maximum atomic E-state index is 13.0. The van der Waals surface area contributed by atoms with Crippen LogP contribution in [-0.4, -0.2) is 14.6 Å². The van der Waals surface area contributed by atoms with Gasteiger partial charge in [0.1, 0.15) is 16.1 Å². The van der Waals surface area contributed by atoms with Gasteiger partial charge in [0.2, 0.25) is 0 Å². The Balaban J connectivity index is 2.34. The Morgan fingerprint density at radius 2 is 1.75 bits per heavy atom. The third-order valence-electron chi connectivity index (χ3n) is 3.26. The second-order valence-electron chi connectivity index (χ2n) is 4.52. The van der Waals surface area contributed by atoms with Crippen LogP contribution in [0.15, 0.2) is 24.3 Å². The fraction of sp³-hybridized carbons (Fsp3) is 0.143. The first-order valence-electron chi connectivity index (χ1n) is 5.96. The molecule has 0 aliphatic rings. The molecule has 0 fully saturated rings. The van der Waals surface area contributed by atoms with Gasteiger partial charge in [-0.15, -0.1) is 0 Å². The average molecular weight is 310 g/mol. The summed E-state index contributed by atoms with van der Waals surface area (Å²) in [6.45, 7) is 3.79. The van der Waals surface area contributed by atoms with Gasteiger partial charge in [0, 0.05) is 5.56 Å². The van der Waals surface area contributed by atoms with Crippen molar-refractivity contribution in [3.05, 3.63) is 51.6 Å². The SMILES string of the molecule is Cc1nn2c(Cl)c(-c3ccc(F)cc3)c(Cl)nc2c1C. The van der Waals surface area contributed by atoms with Crippen LogP contribution in [0.5, 0.6) is 0 Å². The molecule has 0 atom stereocenters. The van der Waals surface area contributed by atoms with E-state index in [1.54, 1.807) is 16.6 Å². The number of aryl methyl sites for hydroxylation is 2. The molecule has 0 saturated heterocycles. The van der Waals surface area contributed by atoms with Gasteiger partial charge < -0.3 is 0 Å². The normalized spacial score (nSPS) is 11.2. The smallest absolute Gasteiger partial charge is 0.161 e. The first kappa shape index (κ1) is 13.3. The lowest BCUT2D eigenvalue weighted by molar-refractivity contribution is 0.628. The summed E-state index contributed by atoms with van der Waals surface area (Å²) in [5.74, 6) is -0.319. The van der Waals surface area contributed by atoms with E-state index in [0.29, 0.717) is 21.9 Å². The van der Waals surface area contributed by atoms with Crippen LogP contribution in [0.1, 0.15) is 11.3 Å². The number of aromatic nitrogens is 3. The first-order valence-corrected chi connectivity index (χ1v) is 6.71. The standard InChI is InChI=1S/C14H10Cl2FN3/c1-7-8(2)19-20-13(16)11(12(15)18-14(7)20)9-3-5-10(17)6-4-9/h3-6H,1-2H3. The maximum Gasteiger partial charge on any atom is 0.161 e. The van der Waals surface area contributed by atoms with E-state index in [0.717, 1.165) is 11.3 Å². The predicted octanol–water partition coefficient (Wildman–Crippen LogP) is 4.46. The molecule has 0 aliphatic heterocycles. The highest BCUT2D eigenvalue weighted by molar-refractivity contribution is 6.38. The fourth-order valence-corrected chi connectivity index (χ4v) is 2.70. The van der Waals surface area contributed by atoms with Gasteiger partial charge in [-0.05, 0) is 31.5 Å². The number of hydrogen-bond acceptors (Lipinski definition) is 2. The molecule has 20 heavy (non-hydrogen) atoms. The van der Waals surface area contributed by atoms with Crippen molar-refractivity contribution < 1.29 is 4.39 Å². The topological polar surface area (TPSA) is 30.2 Å². The van der Waals surface area contributed by atoms with Gasteiger partial charge in [-0.1, -0.05) is 35.3 Å². The molecule has 0 N–H and O–H groups in total. The van der Waals surface area contributed by atoms with Crippen LogP contribution in [0, 0.1) is 19.7 Å². The van der Waals surface area contributed by atoms with E-state index in [-0.39, 0.29) is 11.0 Å². The average Bonchev–Trinajstić information content (AvgIpc) is 2.69. The molecule has 0 unspecified atom stereocenters. The van der Waals surface area contributed by atoms with Crippen LogP contribution in [-0.2, 0) is 0 Å². The van der Waals surface area contributed by atoms with Crippen molar-refractivity contribution in [2.45, 2.75) is 13.8 Å². The Bertz CT molecular complexity index is 810. The van der Waals surface area contributed by atoms with Crippen molar-refractivity contribution in [2.75, 3.05) is 0 Å². The zero-order chi connectivity index (χ0) is 14.4. The zero-order valence-electron chi connectivity index (χ0n) is 10.8. The van der Waals surface area contributed by atoms with Crippen molar-refractivity contribution in [1.82, 2.24) is 14.6 Å². The molecule has 2 aromatic heterocycles. The second kappa shape index (κ2) is 4.72. The summed E-state index contributed by atoms with van der Waals surface area (Å²) in [5, 5.41) is 4.99. The van der Waals surface area contributed by atoms with Crippen LogP contribution < -0.4 is 0 Å². The van der Waals surface area contributed by atoms with E-state index in [2.05, 4.69) is 10.1 Å². The van der Waals surface area contributed by atoms with Crippen LogP contribution in [0.4, 0.5) is 4.39 Å². The van der Waals surface area contributed by atoms with Gasteiger partial charge in [-0.25, -0.2) is 13.9 Å². The summed E-state index contributed by atoms with van der Waals surface area (Å²) in [6, 6.07) is 5.93. The van der Waals surface area contributed by atoms with Crippen LogP contribution in [0.3, 0.4) is 0 Å². The Hall–Kier alpha value is -1.65. The number of fused-ring (bicyclic) bond motifs is 1. The van der Waals surface area contributed by atoms with Gasteiger partial charge in [-0.3, -0.25) is 0 Å². The fourth-order valence-electron chi connectivity index (χ4n) is 2.06. The molecule has 0 spiro atoms. The lowest BCUT2D eigenvalue weighted by atomic mass is 10.1. The molecule has 0 bridgehead atoms. The van der Waals surface area contributed by atoms with Gasteiger partial charge >= 0.3 is 0 Å². The number of benzene rings is 1. The Labute approximate surface area is 125 Å². The number of hydrogen-bond donors (Lipinski definition) is 0. The van der Waals surface area contributed by atoms with Crippen molar-refractivity contribution in [3.63, 3.8) is 0 Å². The first-order chi connectivity index (χ1) is 9.49. The third kappa shape index (κ3) is 1.96. The van der Waals surface area contributed by atoms with Crippen molar-refractivity contribution in [2.24, 2.45) is 0 Å². The Morgan fingerprint density at radius 3 is 2.40 bits per heavy atom. The van der Waals surface area contributed by atoms with Gasteiger partial charge in [0.05, 0.1) is 11.3 Å². The van der Waals surface area contributed by atoms with Crippen LogP contribution in [0.25, 0.3) is 16.8 Å². The summed E-state index contributed by atoms with van der Waals surface area (Å²) in [4.78, 5) is 4.34. The minimum Gasteiger partial charge on any atom is -0.216 e. The highest BCUT2D eigenvalue weighted by Crippen LogP contribution is 2.34. The highest BCUT2D eigenvalue weighted by Gasteiger charge is 2.18. The quantitative estimate of drug-likeness (QED) is 0.621. The van der Waals surface area contributed by atoms with E-state index in [9.17, 15) is 4.39 Å². The highest BCUT2D eigenvalue weighted by atomic mass is 35.5. The molecule has 2 heterocycles. The molecule has 0 radical (unpaired) electrons. The van der Waals surface area contributed by atoms with E-state index in [4.69, 9.17) is 23.2 Å². The molecule has 0 aliphatic carbocycles. The predicted molar refractivity (Wildman–Crippen MR) is 77.9 cm³/mol. The van der Waals surface area contributed by atoms with Crippen LogP contribution in [0.2, 0.25) is 10.3 Å². The van der Waals surface area contributed by atoms with Gasteiger partial charge in [-0.2, -0.15) is 5.10 Å². The Kier molecular flexibility index (Phi) is 3.15. The summed E-state index contributed by atoms with van der Waals surface area (Å²) in [5.41, 5.74) is 3.64. The second-order valence-corrected chi connectivity index (χ2v) is 5.24. The summed E-state index contributed by atoms with van der Waals surface area (Å²) in [6.07, 6.45) is 0. The molecule has 3 nitrogen and oxygen atoms in total. The monoisotopic (exact) mass is 309 g/mol. The van der Waals surface area contributed by atoms with E-state index in [1.807, 2.05) is 13.8 Å². The molecule has 6 heteroatoms. The Morgan fingerprint density at radius 1 is 1.10 bits per heavy atom. The third-order valence-corrected chi connectivity index (χ3v) is 3.89. The van der Waals surface area contributed by atoms with E-state index >= 15 is 0 Å². The summed E-state index contributed by atoms with van der Waals surface area (Å²) >= 11 is 12.6. The molecule has 102 valence electrons. The number of halogens is 3. The summed E-state index contributed by atoms with van der Waals surface area (Å²) in [7, 11) is 0. The molecule has 0 amide bonds. The summed E-state index contributed by atoms with van der Waals surface area (Å²) < 4.78 is 14.6. The molecular formula is C14H10Cl2FN3. The van der Waals surface area contributed by atoms with E-state index in [1.165, 1.54) is 12.1 Å². The van der Waals surface area contributed by atoms with Gasteiger partial charge in [0.15, 0.2) is 5.65 Å². The van der Waals surface area contributed by atoms with Crippen molar-refractivity contribution in [3.8, 4) is 11.1 Å². The molecular weight excluding hydrogens is 300 g/mol. The van der Waals surface area contributed by atoms with Crippen molar-refractivity contribution in [1.29, 1.82) is 0 Å². The lowest BCUT2D eigenvalue weighted by Gasteiger charge is -2.08. The maximum absolute atomic E-state index is 13.0.